The van der Waals surface area contributed by atoms with E-state index in [1.165, 1.54) is 13.0 Å². The van der Waals surface area contributed by atoms with Crippen LogP contribution in [-0.2, 0) is 20.9 Å². The average Bonchev–Trinajstić information content (AvgIpc) is 2.93. The zero-order valence-corrected chi connectivity index (χ0v) is 18.3. The van der Waals surface area contributed by atoms with Gasteiger partial charge in [0, 0.05) is 23.9 Å². The molecule has 1 N–H and O–H groups in total. The van der Waals surface area contributed by atoms with Gasteiger partial charge in [0.05, 0.1) is 5.69 Å². The van der Waals surface area contributed by atoms with E-state index in [1.54, 1.807) is 10.8 Å². The Balaban J connectivity index is 1.97. The molecule has 2 aromatic rings. The summed E-state index contributed by atoms with van der Waals surface area (Å²) in [7, 11) is 0. The van der Waals surface area contributed by atoms with E-state index >= 15 is 0 Å². The number of amides is 1. The van der Waals surface area contributed by atoms with Gasteiger partial charge in [-0.25, -0.2) is 4.79 Å². The van der Waals surface area contributed by atoms with Crippen LogP contribution in [0.2, 0.25) is 5.15 Å². The first kappa shape index (κ1) is 22.7. The number of nitrogens with one attached hydrogen (secondary N) is 1. The molecule has 156 valence electrons. The molecule has 0 unspecified atom stereocenters. The van der Waals surface area contributed by atoms with Gasteiger partial charge in [0.2, 0.25) is 0 Å². The lowest BCUT2D eigenvalue weighted by Crippen LogP contribution is -2.29. The van der Waals surface area contributed by atoms with E-state index in [0.717, 1.165) is 36.2 Å². The van der Waals surface area contributed by atoms with Crippen molar-refractivity contribution in [3.63, 3.8) is 0 Å². The predicted molar refractivity (Wildman–Crippen MR) is 116 cm³/mol. The number of carbonyl (C=O) groups is 2. The quantitative estimate of drug-likeness (QED) is 0.492. The lowest BCUT2D eigenvalue weighted by Gasteiger charge is -2.14. The van der Waals surface area contributed by atoms with Crippen molar-refractivity contribution in [1.82, 2.24) is 9.78 Å². The van der Waals surface area contributed by atoms with E-state index in [0.29, 0.717) is 16.4 Å². The number of ether oxygens (including phenoxy) is 1. The molecule has 0 bridgehead atoms. The summed E-state index contributed by atoms with van der Waals surface area (Å²) in [6.07, 6.45) is 3.91. The summed E-state index contributed by atoms with van der Waals surface area (Å²) in [5, 5.41) is 7.66. The van der Waals surface area contributed by atoms with Crippen LogP contribution in [0, 0.1) is 20.8 Å². The molecule has 0 aliphatic rings. The maximum atomic E-state index is 12.3. The largest absolute Gasteiger partial charge is 0.449 e. The molecule has 7 heteroatoms. The average molecular weight is 418 g/mol. The van der Waals surface area contributed by atoms with Crippen molar-refractivity contribution >= 4 is 35.2 Å². The first-order chi connectivity index (χ1) is 13.7. The summed E-state index contributed by atoms with van der Waals surface area (Å²) in [6, 6.07) is 5.72. The summed E-state index contributed by atoms with van der Waals surface area (Å²) in [5.41, 5.74) is 4.16. The van der Waals surface area contributed by atoms with Crippen LogP contribution in [0.5, 0.6) is 0 Å². The number of hydrogen-bond donors (Lipinski definition) is 1. The molecule has 0 saturated carbocycles. The highest BCUT2D eigenvalue weighted by atomic mass is 35.5. The summed E-state index contributed by atoms with van der Waals surface area (Å²) in [6.45, 7) is 10.1. The molecule has 2 rings (SSSR count). The fourth-order valence-electron chi connectivity index (χ4n) is 2.82. The van der Waals surface area contributed by atoms with E-state index in [-0.39, 0.29) is 5.91 Å². The molecule has 0 fully saturated rings. The first-order valence-electron chi connectivity index (χ1n) is 9.72. The molecule has 1 heterocycles. The van der Waals surface area contributed by atoms with Crippen LogP contribution in [0.15, 0.2) is 24.3 Å². The number of nitrogens with zero attached hydrogens (tertiary/aromatic N) is 2. The Bertz CT molecular complexity index is 918. The van der Waals surface area contributed by atoms with Gasteiger partial charge >= 0.3 is 5.97 Å². The van der Waals surface area contributed by atoms with Gasteiger partial charge in [-0.2, -0.15) is 5.10 Å². The van der Waals surface area contributed by atoms with Gasteiger partial charge in [0.15, 0.2) is 6.10 Å². The fraction of sp³-hybridized carbons (Fsp3) is 0.409. The van der Waals surface area contributed by atoms with Crippen molar-refractivity contribution in [1.29, 1.82) is 0 Å². The molecule has 0 aliphatic carbocycles. The van der Waals surface area contributed by atoms with Crippen LogP contribution < -0.4 is 5.32 Å². The van der Waals surface area contributed by atoms with E-state index < -0.39 is 12.1 Å². The summed E-state index contributed by atoms with van der Waals surface area (Å²) in [5.74, 6) is -1.01. The summed E-state index contributed by atoms with van der Waals surface area (Å²) >= 11 is 6.35. The number of esters is 1. The zero-order chi connectivity index (χ0) is 21.6. The van der Waals surface area contributed by atoms with Crippen LogP contribution in [0.1, 0.15) is 49.1 Å². The first-order valence-corrected chi connectivity index (χ1v) is 10.1. The van der Waals surface area contributed by atoms with E-state index in [1.807, 2.05) is 39.0 Å². The van der Waals surface area contributed by atoms with Gasteiger partial charge in [0.1, 0.15) is 5.15 Å². The molecule has 0 saturated heterocycles. The van der Waals surface area contributed by atoms with Gasteiger partial charge < -0.3 is 10.1 Å². The van der Waals surface area contributed by atoms with Crippen LogP contribution in [0.25, 0.3) is 6.08 Å². The Hall–Kier alpha value is -2.60. The Morgan fingerprint density at radius 2 is 2.03 bits per heavy atom. The van der Waals surface area contributed by atoms with Gasteiger partial charge in [-0.3, -0.25) is 9.48 Å². The standard InChI is InChI=1S/C22H28ClN3O3/c1-6-7-12-26-21(23)18(16(4)25-26)9-11-20(27)29-17(5)22(28)24-19-10-8-14(2)13-15(19)3/h8-11,13,17H,6-7,12H2,1-5H3,(H,24,28)/b11-9+/t17-/m0/s1. The van der Waals surface area contributed by atoms with Crippen molar-refractivity contribution in [2.75, 3.05) is 5.32 Å². The highest BCUT2D eigenvalue weighted by Crippen LogP contribution is 2.22. The number of aryl methyl sites for hydroxylation is 4. The lowest BCUT2D eigenvalue weighted by molar-refractivity contribution is -0.148. The van der Waals surface area contributed by atoms with Crippen molar-refractivity contribution in [3.05, 3.63) is 51.8 Å². The Morgan fingerprint density at radius 3 is 2.69 bits per heavy atom. The third-order valence-electron chi connectivity index (χ3n) is 4.52. The van der Waals surface area contributed by atoms with Crippen LogP contribution >= 0.6 is 11.6 Å². The highest BCUT2D eigenvalue weighted by molar-refractivity contribution is 6.31. The SMILES string of the molecule is CCCCn1nc(C)c(/C=C/C(=O)O[C@@H](C)C(=O)Nc2ccc(C)cc2C)c1Cl. The molecule has 29 heavy (non-hydrogen) atoms. The summed E-state index contributed by atoms with van der Waals surface area (Å²) in [4.78, 5) is 24.5. The molecule has 0 spiro atoms. The van der Waals surface area contributed by atoms with Crippen molar-refractivity contribution in [3.8, 4) is 0 Å². The molecule has 1 aromatic heterocycles. The monoisotopic (exact) mass is 417 g/mol. The fourth-order valence-corrected chi connectivity index (χ4v) is 3.14. The molecule has 1 atom stereocenters. The summed E-state index contributed by atoms with van der Waals surface area (Å²) < 4.78 is 6.94. The van der Waals surface area contributed by atoms with Gasteiger partial charge in [0.25, 0.3) is 5.91 Å². The van der Waals surface area contributed by atoms with Gasteiger partial charge in [-0.1, -0.05) is 42.6 Å². The second-order valence-electron chi connectivity index (χ2n) is 7.09. The minimum atomic E-state index is -0.934. The van der Waals surface area contributed by atoms with Crippen molar-refractivity contribution in [2.24, 2.45) is 0 Å². The maximum absolute atomic E-state index is 12.3. The van der Waals surface area contributed by atoms with E-state index in [2.05, 4.69) is 17.3 Å². The number of halogens is 1. The molecule has 6 nitrogen and oxygen atoms in total. The Labute approximate surface area is 176 Å². The van der Waals surface area contributed by atoms with Crippen molar-refractivity contribution in [2.45, 2.75) is 60.1 Å². The van der Waals surface area contributed by atoms with Crippen molar-refractivity contribution < 1.29 is 14.3 Å². The molecule has 0 radical (unpaired) electrons. The number of unbranched alkanes of at least 4 members (excludes halogenated alkanes) is 1. The predicted octanol–water partition coefficient (Wildman–Crippen LogP) is 4.85. The van der Waals surface area contributed by atoms with Gasteiger partial charge in [-0.05, 0) is 51.8 Å². The zero-order valence-electron chi connectivity index (χ0n) is 17.6. The van der Waals surface area contributed by atoms with Crippen LogP contribution in [0.3, 0.4) is 0 Å². The third kappa shape index (κ3) is 6.19. The second-order valence-corrected chi connectivity index (χ2v) is 7.44. The second kappa shape index (κ2) is 10.3. The number of aromatic nitrogens is 2. The lowest BCUT2D eigenvalue weighted by atomic mass is 10.1. The normalized spacial score (nSPS) is 12.2. The molecule has 1 aromatic carbocycles. The smallest absolute Gasteiger partial charge is 0.331 e. The Kier molecular flexibility index (Phi) is 8.02. The van der Waals surface area contributed by atoms with E-state index in [4.69, 9.17) is 16.3 Å². The van der Waals surface area contributed by atoms with Crippen LogP contribution in [-0.4, -0.2) is 27.8 Å². The molecule has 0 aliphatic heterocycles. The van der Waals surface area contributed by atoms with E-state index in [9.17, 15) is 9.59 Å². The third-order valence-corrected chi connectivity index (χ3v) is 4.92. The maximum Gasteiger partial charge on any atom is 0.331 e. The van der Waals surface area contributed by atoms with Gasteiger partial charge in [-0.15, -0.1) is 0 Å². The number of benzene rings is 1. The Morgan fingerprint density at radius 1 is 1.31 bits per heavy atom. The molecular formula is C22H28ClN3O3. The minimum absolute atomic E-state index is 0.389. The molecular weight excluding hydrogens is 390 g/mol. The number of anilines is 1. The molecule has 1 amide bonds. The highest BCUT2D eigenvalue weighted by Gasteiger charge is 2.18. The topological polar surface area (TPSA) is 73.2 Å². The number of carbonyl (C=O) groups excluding carboxylic acids is 2. The number of rotatable bonds is 8. The number of hydrogen-bond acceptors (Lipinski definition) is 4. The minimum Gasteiger partial charge on any atom is -0.449 e. The van der Waals surface area contributed by atoms with Crippen LogP contribution in [0.4, 0.5) is 5.69 Å².